The Balaban J connectivity index is 1.42. The van der Waals surface area contributed by atoms with Crippen LogP contribution in [0.5, 0.6) is 0 Å². The van der Waals surface area contributed by atoms with Crippen molar-refractivity contribution >= 4 is 33.4 Å². The summed E-state index contributed by atoms with van der Waals surface area (Å²) in [6.45, 7) is 1.14. The van der Waals surface area contributed by atoms with E-state index in [9.17, 15) is 9.59 Å². The van der Waals surface area contributed by atoms with Gasteiger partial charge >= 0.3 is 0 Å². The number of carbonyl (C=O) groups is 2. The molecule has 0 radical (unpaired) electrons. The van der Waals surface area contributed by atoms with Crippen LogP contribution in [0.3, 0.4) is 0 Å². The fourth-order valence-electron chi connectivity index (χ4n) is 3.27. The van der Waals surface area contributed by atoms with E-state index in [0.717, 1.165) is 21.2 Å². The van der Waals surface area contributed by atoms with Gasteiger partial charge in [0.15, 0.2) is 0 Å². The van der Waals surface area contributed by atoms with Crippen molar-refractivity contribution in [3.05, 3.63) is 93.7 Å². The zero-order valence-corrected chi connectivity index (χ0v) is 16.6. The Morgan fingerprint density at radius 2 is 1.82 bits per heavy atom. The van der Waals surface area contributed by atoms with Crippen LogP contribution in [0.15, 0.2) is 71.5 Å². The number of aromatic nitrogens is 1. The van der Waals surface area contributed by atoms with Crippen LogP contribution in [0.4, 0.5) is 5.69 Å². The zero-order valence-electron chi connectivity index (χ0n) is 15.1. The molecular formula is C22H18BrN3O2. The number of hydrogen-bond acceptors (Lipinski definition) is 3. The minimum atomic E-state index is -0.119. The largest absolute Gasteiger partial charge is 0.330 e. The van der Waals surface area contributed by atoms with Crippen molar-refractivity contribution in [2.45, 2.75) is 19.5 Å². The smallest absolute Gasteiger partial charge is 0.254 e. The van der Waals surface area contributed by atoms with E-state index in [2.05, 4.69) is 26.2 Å². The van der Waals surface area contributed by atoms with Crippen LogP contribution in [-0.4, -0.2) is 21.7 Å². The topological polar surface area (TPSA) is 62.3 Å². The Morgan fingerprint density at radius 1 is 1.04 bits per heavy atom. The van der Waals surface area contributed by atoms with Gasteiger partial charge in [0.2, 0.25) is 5.91 Å². The highest BCUT2D eigenvalue weighted by Gasteiger charge is 2.24. The summed E-state index contributed by atoms with van der Waals surface area (Å²) in [5.74, 6) is -0.174. The number of carbonyl (C=O) groups excluding carboxylic acids is 2. The first-order valence-electron chi connectivity index (χ1n) is 8.94. The molecule has 0 fully saturated rings. The quantitative estimate of drug-likeness (QED) is 0.668. The van der Waals surface area contributed by atoms with Gasteiger partial charge in [-0.1, -0.05) is 34.1 Å². The monoisotopic (exact) mass is 435 g/mol. The summed E-state index contributed by atoms with van der Waals surface area (Å²) in [7, 11) is 0. The lowest BCUT2D eigenvalue weighted by molar-refractivity contribution is -0.115. The SMILES string of the molecule is O=C(Cc1ccc(Br)cc1)Nc1cccc(C(=O)N2Cc3ccncc3C2)c1. The summed E-state index contributed by atoms with van der Waals surface area (Å²) in [6, 6.07) is 16.6. The summed E-state index contributed by atoms with van der Waals surface area (Å²) in [6.07, 6.45) is 3.83. The van der Waals surface area contributed by atoms with Gasteiger partial charge in [-0.15, -0.1) is 0 Å². The molecule has 28 heavy (non-hydrogen) atoms. The number of pyridine rings is 1. The summed E-state index contributed by atoms with van der Waals surface area (Å²) in [5, 5.41) is 2.88. The second-order valence-electron chi connectivity index (χ2n) is 6.74. The van der Waals surface area contributed by atoms with Gasteiger partial charge in [0.1, 0.15) is 0 Å². The minimum Gasteiger partial charge on any atom is -0.330 e. The Morgan fingerprint density at radius 3 is 2.61 bits per heavy atom. The van der Waals surface area contributed by atoms with Crippen LogP contribution < -0.4 is 5.32 Å². The second kappa shape index (κ2) is 7.94. The van der Waals surface area contributed by atoms with Gasteiger partial charge in [-0.05, 0) is 53.1 Å². The lowest BCUT2D eigenvalue weighted by atomic mass is 10.1. The molecule has 5 nitrogen and oxygen atoms in total. The highest BCUT2D eigenvalue weighted by Crippen LogP contribution is 2.24. The van der Waals surface area contributed by atoms with E-state index in [1.54, 1.807) is 41.6 Å². The maximum Gasteiger partial charge on any atom is 0.254 e. The Bertz CT molecular complexity index is 1010. The van der Waals surface area contributed by atoms with Crippen LogP contribution in [0.25, 0.3) is 0 Å². The summed E-state index contributed by atoms with van der Waals surface area (Å²) in [4.78, 5) is 31.1. The van der Waals surface area contributed by atoms with E-state index in [0.29, 0.717) is 24.3 Å². The number of anilines is 1. The average Bonchev–Trinajstić information content (AvgIpc) is 3.13. The number of hydrogen-bond donors (Lipinski definition) is 1. The van der Waals surface area contributed by atoms with Crippen molar-refractivity contribution in [2.75, 3.05) is 5.32 Å². The van der Waals surface area contributed by atoms with Crippen molar-refractivity contribution in [1.29, 1.82) is 0 Å². The Kier molecular flexibility index (Phi) is 5.21. The first-order chi connectivity index (χ1) is 13.6. The molecule has 2 amide bonds. The third-order valence-electron chi connectivity index (χ3n) is 4.69. The summed E-state index contributed by atoms with van der Waals surface area (Å²) < 4.78 is 0.975. The highest BCUT2D eigenvalue weighted by molar-refractivity contribution is 9.10. The molecule has 1 aromatic heterocycles. The lowest BCUT2D eigenvalue weighted by Crippen LogP contribution is -2.25. The van der Waals surface area contributed by atoms with Crippen molar-refractivity contribution in [1.82, 2.24) is 9.88 Å². The van der Waals surface area contributed by atoms with Crippen molar-refractivity contribution < 1.29 is 9.59 Å². The molecule has 0 aliphatic carbocycles. The highest BCUT2D eigenvalue weighted by atomic mass is 79.9. The fraction of sp³-hybridized carbons (Fsp3) is 0.136. The Hall–Kier alpha value is -2.99. The predicted octanol–water partition coefficient (Wildman–Crippen LogP) is 4.18. The predicted molar refractivity (Wildman–Crippen MR) is 111 cm³/mol. The number of nitrogens with zero attached hydrogens (tertiary/aromatic N) is 2. The van der Waals surface area contributed by atoms with E-state index >= 15 is 0 Å². The van der Waals surface area contributed by atoms with E-state index in [1.807, 2.05) is 30.3 Å². The number of halogens is 1. The van der Waals surface area contributed by atoms with E-state index in [-0.39, 0.29) is 18.2 Å². The van der Waals surface area contributed by atoms with Crippen LogP contribution >= 0.6 is 15.9 Å². The molecule has 0 saturated carbocycles. The molecule has 2 aromatic carbocycles. The number of amides is 2. The van der Waals surface area contributed by atoms with E-state index in [1.165, 1.54) is 0 Å². The van der Waals surface area contributed by atoms with Gasteiger partial charge in [0.05, 0.1) is 6.42 Å². The second-order valence-corrected chi connectivity index (χ2v) is 7.65. The number of fused-ring (bicyclic) bond motifs is 1. The van der Waals surface area contributed by atoms with Crippen molar-refractivity contribution in [3.8, 4) is 0 Å². The molecule has 0 saturated heterocycles. The minimum absolute atomic E-state index is 0.0554. The van der Waals surface area contributed by atoms with Gasteiger partial charge in [-0.2, -0.15) is 0 Å². The maximum absolute atomic E-state index is 12.9. The lowest BCUT2D eigenvalue weighted by Gasteiger charge is -2.16. The van der Waals surface area contributed by atoms with E-state index < -0.39 is 0 Å². The molecule has 0 unspecified atom stereocenters. The molecule has 3 aromatic rings. The van der Waals surface area contributed by atoms with Crippen LogP contribution in [-0.2, 0) is 24.3 Å². The van der Waals surface area contributed by atoms with Gasteiger partial charge < -0.3 is 10.2 Å². The number of benzene rings is 2. The Labute approximate surface area is 171 Å². The molecule has 1 aliphatic heterocycles. The van der Waals surface area contributed by atoms with Crippen molar-refractivity contribution in [3.63, 3.8) is 0 Å². The first-order valence-corrected chi connectivity index (χ1v) is 9.73. The molecular weight excluding hydrogens is 418 g/mol. The molecule has 0 spiro atoms. The molecule has 4 rings (SSSR count). The number of nitrogens with one attached hydrogen (secondary N) is 1. The van der Waals surface area contributed by atoms with Crippen LogP contribution in [0.1, 0.15) is 27.0 Å². The standard InChI is InChI=1S/C22H18BrN3O2/c23-19-6-4-15(5-7-19)10-21(27)25-20-3-1-2-16(11-20)22(28)26-13-17-8-9-24-12-18(17)14-26/h1-9,11-12H,10,13-14H2,(H,25,27). The van der Waals surface area contributed by atoms with Gasteiger partial charge in [0.25, 0.3) is 5.91 Å². The molecule has 140 valence electrons. The fourth-order valence-corrected chi connectivity index (χ4v) is 3.53. The summed E-state index contributed by atoms with van der Waals surface area (Å²) in [5.41, 5.74) is 4.31. The molecule has 1 aliphatic rings. The molecule has 0 bridgehead atoms. The third kappa shape index (κ3) is 4.12. The van der Waals surface area contributed by atoms with Gasteiger partial charge in [0, 0.05) is 41.2 Å². The van der Waals surface area contributed by atoms with E-state index in [4.69, 9.17) is 0 Å². The maximum atomic E-state index is 12.9. The van der Waals surface area contributed by atoms with Crippen LogP contribution in [0, 0.1) is 0 Å². The molecule has 2 heterocycles. The van der Waals surface area contributed by atoms with Gasteiger partial charge in [-0.3, -0.25) is 14.6 Å². The van der Waals surface area contributed by atoms with Crippen LogP contribution in [0.2, 0.25) is 0 Å². The average molecular weight is 436 g/mol. The van der Waals surface area contributed by atoms with Crippen molar-refractivity contribution in [2.24, 2.45) is 0 Å². The summed E-state index contributed by atoms with van der Waals surface area (Å²) >= 11 is 3.38. The zero-order chi connectivity index (χ0) is 19.5. The molecule has 6 heteroatoms. The first kappa shape index (κ1) is 18.4. The molecule has 1 N–H and O–H groups in total. The number of rotatable bonds is 4. The third-order valence-corrected chi connectivity index (χ3v) is 5.21. The molecule has 0 atom stereocenters. The van der Waals surface area contributed by atoms with Gasteiger partial charge in [-0.25, -0.2) is 0 Å². The normalized spacial score (nSPS) is 12.5.